The Hall–Kier alpha value is -0.200. The summed E-state index contributed by atoms with van der Waals surface area (Å²) in [5.41, 5.74) is 0. The van der Waals surface area contributed by atoms with Crippen LogP contribution in [0.15, 0.2) is 0 Å². The molecule has 0 N–H and O–H groups in total. The first-order chi connectivity index (χ1) is 19.9. The van der Waals surface area contributed by atoms with Crippen LogP contribution in [0.4, 0.5) is 0 Å². The summed E-state index contributed by atoms with van der Waals surface area (Å²) in [6.45, 7) is 16.6. The SMILES string of the molecule is CCCCP(CCCC)(CCCC)(CCCC)OC(C)=O.CCCCP(CCCC)(CCCC)(CCCC)OC(C)=O. The maximum atomic E-state index is 11.9. The standard InChI is InChI=1S/2C18H39O2P/c2*1-6-10-14-21(15-11-7-2,16-12-8-3,17-13-9-4)20-18(5)19/h2*6-17H2,1-5H3. The fraction of sp³-hybridized carbons (Fsp3) is 0.944. The van der Waals surface area contributed by atoms with Crippen LogP contribution in [0.3, 0.4) is 0 Å². The van der Waals surface area contributed by atoms with Crippen molar-refractivity contribution in [3.63, 3.8) is 0 Å². The van der Waals surface area contributed by atoms with E-state index in [2.05, 4.69) is 55.4 Å². The van der Waals surface area contributed by atoms with Crippen molar-refractivity contribution in [2.75, 3.05) is 49.3 Å². The molecule has 0 amide bonds. The molecule has 0 spiro atoms. The Bertz CT molecular complexity index is 549. The molecule has 0 aliphatic carbocycles. The van der Waals surface area contributed by atoms with Crippen molar-refractivity contribution >= 4 is 25.6 Å². The van der Waals surface area contributed by atoms with Gasteiger partial charge in [0.15, 0.2) is 0 Å². The van der Waals surface area contributed by atoms with Gasteiger partial charge < -0.3 is 0 Å². The second-order valence-electron chi connectivity index (χ2n) is 13.5. The monoisotopic (exact) mass is 637 g/mol. The number of unbranched alkanes of at least 4 members (excludes halogenated alkanes) is 8. The number of carbonyl (C=O) groups is 2. The molecular formula is C36H78O4P2. The van der Waals surface area contributed by atoms with Crippen molar-refractivity contribution in [3.8, 4) is 0 Å². The number of rotatable bonds is 26. The topological polar surface area (TPSA) is 52.6 Å². The Morgan fingerprint density at radius 3 is 0.595 bits per heavy atom. The molecule has 0 aliphatic heterocycles. The number of carbonyl (C=O) groups excluding carboxylic acids is 2. The summed E-state index contributed by atoms with van der Waals surface area (Å²) in [4.78, 5) is 23.9. The van der Waals surface area contributed by atoms with Gasteiger partial charge in [-0.25, -0.2) is 0 Å². The van der Waals surface area contributed by atoms with E-state index in [1.165, 1.54) is 152 Å². The third-order valence-electron chi connectivity index (χ3n) is 9.39. The van der Waals surface area contributed by atoms with Gasteiger partial charge in [-0.05, 0) is 0 Å². The Morgan fingerprint density at radius 1 is 0.357 bits per heavy atom. The van der Waals surface area contributed by atoms with Gasteiger partial charge in [-0.1, -0.05) is 0 Å². The normalized spacial score (nSPS) is 13.7. The predicted octanol–water partition coefficient (Wildman–Crippen LogP) is 12.4. The van der Waals surface area contributed by atoms with E-state index >= 15 is 0 Å². The van der Waals surface area contributed by atoms with Crippen molar-refractivity contribution in [1.82, 2.24) is 0 Å². The first-order valence-corrected chi connectivity index (χ1v) is 24.2. The van der Waals surface area contributed by atoms with Gasteiger partial charge >= 0.3 is 266 Å². The molecule has 256 valence electrons. The second-order valence-corrected chi connectivity index (χ2v) is 24.9. The average Bonchev–Trinajstić information content (AvgIpc) is 2.97. The van der Waals surface area contributed by atoms with Gasteiger partial charge in [-0.2, -0.15) is 0 Å². The first kappa shape index (κ1) is 43.9. The van der Waals surface area contributed by atoms with E-state index < -0.39 is 13.7 Å². The molecule has 0 aromatic rings. The number of hydrogen-bond acceptors (Lipinski definition) is 4. The van der Waals surface area contributed by atoms with E-state index in [1.54, 1.807) is 13.8 Å². The van der Waals surface area contributed by atoms with Crippen LogP contribution < -0.4 is 0 Å². The van der Waals surface area contributed by atoms with Gasteiger partial charge in [0.2, 0.25) is 0 Å². The molecule has 0 rings (SSSR count). The fourth-order valence-electron chi connectivity index (χ4n) is 6.90. The average molecular weight is 637 g/mol. The summed E-state index contributed by atoms with van der Waals surface area (Å²) in [6.07, 6.45) is 28.6. The summed E-state index contributed by atoms with van der Waals surface area (Å²) < 4.78 is 12.7. The van der Waals surface area contributed by atoms with Crippen LogP contribution in [0.1, 0.15) is 172 Å². The molecule has 0 radical (unpaired) electrons. The van der Waals surface area contributed by atoms with Gasteiger partial charge in [0.25, 0.3) is 0 Å². The predicted molar refractivity (Wildman–Crippen MR) is 196 cm³/mol. The third kappa shape index (κ3) is 16.8. The number of hydrogen-bond donors (Lipinski definition) is 0. The van der Waals surface area contributed by atoms with Crippen molar-refractivity contribution < 1.29 is 18.6 Å². The maximum absolute atomic E-state index is 11.9. The molecule has 0 atom stereocenters. The van der Waals surface area contributed by atoms with E-state index in [0.717, 1.165) is 0 Å². The molecular weight excluding hydrogens is 558 g/mol. The van der Waals surface area contributed by atoms with Crippen LogP contribution in [-0.2, 0) is 18.6 Å². The van der Waals surface area contributed by atoms with Crippen LogP contribution in [-0.4, -0.2) is 61.2 Å². The fourth-order valence-corrected chi connectivity index (χ4v) is 20.7. The molecule has 6 heteroatoms. The van der Waals surface area contributed by atoms with E-state index in [-0.39, 0.29) is 11.9 Å². The zero-order chi connectivity index (χ0) is 32.4. The van der Waals surface area contributed by atoms with Crippen molar-refractivity contribution in [2.45, 2.75) is 172 Å². The summed E-state index contributed by atoms with van der Waals surface area (Å²) in [7, 11) is 0. The molecule has 0 saturated heterocycles. The van der Waals surface area contributed by atoms with E-state index in [9.17, 15) is 9.59 Å². The molecule has 42 heavy (non-hydrogen) atoms. The molecule has 0 unspecified atom stereocenters. The van der Waals surface area contributed by atoms with E-state index in [0.29, 0.717) is 0 Å². The van der Waals surface area contributed by atoms with Crippen molar-refractivity contribution in [2.24, 2.45) is 0 Å². The van der Waals surface area contributed by atoms with Gasteiger partial charge in [0.05, 0.1) is 0 Å². The summed E-state index contributed by atoms with van der Waals surface area (Å²) in [5, 5.41) is 0. The molecule has 0 fully saturated rings. The zero-order valence-electron chi connectivity index (χ0n) is 30.5. The molecule has 0 bridgehead atoms. The Kier molecular flexibility index (Phi) is 25.2. The van der Waals surface area contributed by atoms with Crippen LogP contribution in [0.5, 0.6) is 0 Å². The minimum atomic E-state index is -2.33. The van der Waals surface area contributed by atoms with E-state index in [4.69, 9.17) is 9.05 Å². The van der Waals surface area contributed by atoms with E-state index in [1.807, 2.05) is 0 Å². The molecule has 4 nitrogen and oxygen atoms in total. The zero-order valence-corrected chi connectivity index (χ0v) is 32.3. The molecule has 0 aromatic heterocycles. The minimum absolute atomic E-state index is 0.0351. The summed E-state index contributed by atoms with van der Waals surface area (Å²) in [6, 6.07) is 0. The Balaban J connectivity index is 0. The van der Waals surface area contributed by atoms with Gasteiger partial charge in [-0.15, -0.1) is 0 Å². The van der Waals surface area contributed by atoms with Crippen LogP contribution in [0, 0.1) is 0 Å². The third-order valence-corrected chi connectivity index (χ3v) is 22.5. The Morgan fingerprint density at radius 2 is 0.500 bits per heavy atom. The molecule has 0 aromatic carbocycles. The van der Waals surface area contributed by atoms with Crippen LogP contribution in [0.2, 0.25) is 0 Å². The van der Waals surface area contributed by atoms with Crippen LogP contribution in [0.25, 0.3) is 0 Å². The molecule has 0 saturated carbocycles. The summed E-state index contributed by atoms with van der Waals surface area (Å²) >= 11 is 0. The second kappa shape index (κ2) is 24.1. The van der Waals surface area contributed by atoms with Crippen molar-refractivity contribution in [1.29, 1.82) is 0 Å². The Labute approximate surface area is 265 Å². The van der Waals surface area contributed by atoms with Gasteiger partial charge in [0, 0.05) is 0 Å². The van der Waals surface area contributed by atoms with Gasteiger partial charge in [-0.3, -0.25) is 0 Å². The van der Waals surface area contributed by atoms with Gasteiger partial charge in [0.1, 0.15) is 0 Å². The van der Waals surface area contributed by atoms with Crippen LogP contribution >= 0.6 is 13.7 Å². The quantitative estimate of drug-likeness (QED) is 0.0886. The van der Waals surface area contributed by atoms with Crippen molar-refractivity contribution in [3.05, 3.63) is 0 Å². The molecule has 0 heterocycles. The molecule has 0 aliphatic rings. The first-order valence-electron chi connectivity index (χ1n) is 18.4. The summed E-state index contributed by atoms with van der Waals surface area (Å²) in [5.74, 6) is -0.0702.